The molecule has 274 valence electrons. The molecule has 0 amide bonds. The molecule has 3 nitrogen and oxygen atoms in total. The summed E-state index contributed by atoms with van der Waals surface area (Å²) in [4.78, 5) is 2.31. The number of rotatable bonds is 8. The Kier molecular flexibility index (Phi) is 8.78. The third-order valence-electron chi connectivity index (χ3n) is 11.0. The smallest absolute Gasteiger partial charge is 0.143 e. The standard InChI is InChI=1S/C55H37NO2/c1-3-5-12-37(4-2)38-21-23-39(24-22-38)40-25-31-43(32-26-40)56(44-33-27-41(28-34-44)46-15-10-17-50-48-13-6-8-19-52(48)57-54(46)50)45-35-29-42(30-36-45)47-16-11-18-51-49-14-7-9-20-53(49)58-55(47)51/h1,4-36H,2H3/b12-5-,37-4+. The molecule has 3 heteroatoms. The van der Waals surface area contributed by atoms with Gasteiger partial charge in [0.2, 0.25) is 0 Å². The average Bonchev–Trinajstić information content (AvgIpc) is 3.87. The molecule has 0 saturated heterocycles. The Balaban J connectivity index is 1.02. The molecule has 2 aromatic heterocycles. The van der Waals surface area contributed by atoms with Crippen LogP contribution in [-0.2, 0) is 0 Å². The van der Waals surface area contributed by atoms with Crippen molar-refractivity contribution in [2.45, 2.75) is 6.92 Å². The van der Waals surface area contributed by atoms with Gasteiger partial charge in [0.1, 0.15) is 22.3 Å². The maximum Gasteiger partial charge on any atom is 0.143 e. The first-order valence-corrected chi connectivity index (χ1v) is 19.5. The van der Waals surface area contributed by atoms with Gasteiger partial charge in [0, 0.05) is 49.7 Å². The van der Waals surface area contributed by atoms with Gasteiger partial charge in [0.25, 0.3) is 0 Å². The first-order chi connectivity index (χ1) is 28.7. The topological polar surface area (TPSA) is 29.5 Å². The fraction of sp³-hybridized carbons (Fsp3) is 0.0182. The van der Waals surface area contributed by atoms with E-state index in [-0.39, 0.29) is 0 Å². The van der Waals surface area contributed by atoms with Crippen molar-refractivity contribution in [3.05, 3.63) is 206 Å². The molecule has 0 aliphatic heterocycles. The number of furan rings is 2. The Hall–Kier alpha value is -7.80. The highest BCUT2D eigenvalue weighted by Crippen LogP contribution is 2.41. The fourth-order valence-electron chi connectivity index (χ4n) is 8.13. The van der Waals surface area contributed by atoms with E-state index in [1.54, 1.807) is 6.08 Å². The summed E-state index contributed by atoms with van der Waals surface area (Å²) in [6.07, 6.45) is 11.2. The Labute approximate surface area is 337 Å². The van der Waals surface area contributed by atoms with Crippen molar-refractivity contribution < 1.29 is 8.83 Å². The summed E-state index contributed by atoms with van der Waals surface area (Å²) in [5.74, 6) is 2.59. The van der Waals surface area contributed by atoms with Crippen LogP contribution in [-0.4, -0.2) is 0 Å². The van der Waals surface area contributed by atoms with E-state index < -0.39 is 0 Å². The number of hydrogen-bond acceptors (Lipinski definition) is 3. The number of fused-ring (bicyclic) bond motifs is 6. The van der Waals surface area contributed by atoms with Crippen LogP contribution in [0.15, 0.2) is 209 Å². The molecule has 0 unspecified atom stereocenters. The van der Waals surface area contributed by atoms with Crippen LogP contribution in [0.25, 0.3) is 82.8 Å². The molecule has 0 radical (unpaired) electrons. The van der Waals surface area contributed by atoms with Crippen molar-refractivity contribution in [2.75, 3.05) is 4.90 Å². The SMILES string of the molecule is C#C/C=C\C(=C/C)c1ccc(-c2ccc(N(c3ccc(-c4cccc5c4oc4ccccc45)cc3)c3ccc(-c4cccc5c4oc4ccccc45)cc3)cc2)cc1. The molecule has 8 aromatic carbocycles. The summed E-state index contributed by atoms with van der Waals surface area (Å²) in [5.41, 5.74) is 15.6. The van der Waals surface area contributed by atoms with Crippen molar-refractivity contribution in [1.29, 1.82) is 0 Å². The van der Waals surface area contributed by atoms with E-state index in [4.69, 9.17) is 15.3 Å². The van der Waals surface area contributed by atoms with Crippen molar-refractivity contribution >= 4 is 66.5 Å². The molecule has 0 aliphatic carbocycles. The first-order valence-electron chi connectivity index (χ1n) is 19.5. The van der Waals surface area contributed by atoms with Gasteiger partial charge in [-0.2, -0.15) is 0 Å². The van der Waals surface area contributed by atoms with E-state index in [1.807, 2.05) is 37.3 Å². The highest BCUT2D eigenvalue weighted by Gasteiger charge is 2.17. The summed E-state index contributed by atoms with van der Waals surface area (Å²) >= 11 is 0. The van der Waals surface area contributed by atoms with E-state index in [0.717, 1.165) is 105 Å². The second kappa shape index (κ2) is 14.7. The van der Waals surface area contributed by atoms with E-state index in [1.165, 1.54) is 0 Å². The van der Waals surface area contributed by atoms with Gasteiger partial charge in [-0.1, -0.05) is 145 Å². The second-order valence-electron chi connectivity index (χ2n) is 14.4. The third-order valence-corrected chi connectivity index (χ3v) is 11.0. The Morgan fingerprint density at radius 1 is 0.466 bits per heavy atom. The number of terminal acetylenes is 1. The summed E-state index contributed by atoms with van der Waals surface area (Å²) in [7, 11) is 0. The van der Waals surface area contributed by atoms with Gasteiger partial charge in [-0.25, -0.2) is 0 Å². The lowest BCUT2D eigenvalue weighted by Gasteiger charge is -2.26. The number of anilines is 3. The van der Waals surface area contributed by atoms with E-state index in [2.05, 4.69) is 175 Å². The van der Waals surface area contributed by atoms with Gasteiger partial charge in [0.05, 0.1) is 0 Å². The molecule has 0 saturated carbocycles. The normalized spacial score (nSPS) is 11.9. The highest BCUT2D eigenvalue weighted by atomic mass is 16.3. The molecule has 10 aromatic rings. The summed E-state index contributed by atoms with van der Waals surface area (Å²) in [6, 6.07) is 64.1. The predicted molar refractivity (Wildman–Crippen MR) is 244 cm³/mol. The van der Waals surface area contributed by atoms with Crippen LogP contribution >= 0.6 is 0 Å². The minimum atomic E-state index is 0.895. The maximum absolute atomic E-state index is 6.40. The molecular weight excluding hydrogens is 707 g/mol. The van der Waals surface area contributed by atoms with Crippen molar-refractivity contribution in [3.8, 4) is 45.7 Å². The molecule has 2 heterocycles. The van der Waals surface area contributed by atoms with E-state index in [0.29, 0.717) is 0 Å². The Bertz CT molecular complexity index is 3050. The Morgan fingerprint density at radius 2 is 0.879 bits per heavy atom. The minimum Gasteiger partial charge on any atom is -0.455 e. The summed E-state index contributed by atoms with van der Waals surface area (Å²) in [6.45, 7) is 2.03. The molecule has 10 rings (SSSR count). The zero-order valence-electron chi connectivity index (χ0n) is 31.9. The van der Waals surface area contributed by atoms with Gasteiger partial charge in [-0.05, 0) is 101 Å². The molecule has 0 fully saturated rings. The van der Waals surface area contributed by atoms with Crippen LogP contribution in [0.3, 0.4) is 0 Å². The van der Waals surface area contributed by atoms with E-state index >= 15 is 0 Å². The van der Waals surface area contributed by atoms with Crippen molar-refractivity contribution in [2.24, 2.45) is 0 Å². The highest BCUT2D eigenvalue weighted by molar-refractivity contribution is 6.10. The van der Waals surface area contributed by atoms with Crippen molar-refractivity contribution in [3.63, 3.8) is 0 Å². The molecule has 0 atom stereocenters. The number of nitrogens with zero attached hydrogens (tertiary/aromatic N) is 1. The molecule has 0 bridgehead atoms. The number of hydrogen-bond donors (Lipinski definition) is 0. The molecule has 0 spiro atoms. The molecule has 0 N–H and O–H groups in total. The van der Waals surface area contributed by atoms with Crippen LogP contribution in [0.5, 0.6) is 0 Å². The zero-order valence-corrected chi connectivity index (χ0v) is 31.9. The lowest BCUT2D eigenvalue weighted by atomic mass is 9.99. The van der Waals surface area contributed by atoms with E-state index in [9.17, 15) is 0 Å². The number of para-hydroxylation sites is 4. The quantitative estimate of drug-likeness (QED) is 0.115. The average molecular weight is 744 g/mol. The van der Waals surface area contributed by atoms with Crippen LogP contribution < -0.4 is 4.90 Å². The Morgan fingerprint density at radius 3 is 1.33 bits per heavy atom. The van der Waals surface area contributed by atoms with Gasteiger partial charge in [0.15, 0.2) is 0 Å². The van der Waals surface area contributed by atoms with Crippen LogP contribution in [0, 0.1) is 12.3 Å². The lowest BCUT2D eigenvalue weighted by molar-refractivity contribution is 0.669. The maximum atomic E-state index is 6.40. The van der Waals surface area contributed by atoms with Crippen molar-refractivity contribution in [1.82, 2.24) is 0 Å². The van der Waals surface area contributed by atoms with Gasteiger partial charge in [-0.15, -0.1) is 6.42 Å². The molecular formula is C55H37NO2. The predicted octanol–water partition coefficient (Wildman–Crippen LogP) is 15.5. The third kappa shape index (κ3) is 6.14. The minimum absolute atomic E-state index is 0.895. The van der Waals surface area contributed by atoms with Crippen LogP contribution in [0.1, 0.15) is 12.5 Å². The summed E-state index contributed by atoms with van der Waals surface area (Å²) < 4.78 is 12.8. The lowest BCUT2D eigenvalue weighted by Crippen LogP contribution is -2.09. The number of allylic oxidation sites excluding steroid dienone is 4. The second-order valence-corrected chi connectivity index (χ2v) is 14.4. The van der Waals surface area contributed by atoms with Gasteiger partial charge < -0.3 is 13.7 Å². The van der Waals surface area contributed by atoms with Gasteiger partial charge >= 0.3 is 0 Å². The van der Waals surface area contributed by atoms with Crippen LogP contribution in [0.4, 0.5) is 17.1 Å². The first kappa shape index (κ1) is 34.7. The van der Waals surface area contributed by atoms with Crippen LogP contribution in [0.2, 0.25) is 0 Å². The number of benzene rings is 8. The largest absolute Gasteiger partial charge is 0.455 e. The summed E-state index contributed by atoms with van der Waals surface area (Å²) in [5, 5.41) is 4.49. The van der Waals surface area contributed by atoms with Gasteiger partial charge in [-0.3, -0.25) is 0 Å². The zero-order chi connectivity index (χ0) is 39.0. The monoisotopic (exact) mass is 743 g/mol. The molecule has 0 aliphatic rings. The molecule has 58 heavy (non-hydrogen) atoms. The fourth-order valence-corrected chi connectivity index (χ4v) is 8.13.